The number of carbonyl (C=O) groups excluding carboxylic acids is 1. The summed E-state index contributed by atoms with van der Waals surface area (Å²) in [5, 5.41) is 16.6. The van der Waals surface area contributed by atoms with Gasteiger partial charge in [-0.15, -0.1) is 0 Å². The van der Waals surface area contributed by atoms with Gasteiger partial charge in [0.2, 0.25) is 5.91 Å². The Morgan fingerprint density at radius 1 is 1.59 bits per heavy atom. The normalized spacial score (nSPS) is 15.2. The topological polar surface area (TPSA) is 49.3 Å². The van der Waals surface area contributed by atoms with Gasteiger partial charge in [0.15, 0.2) is 0 Å². The Bertz CT molecular complexity index is 405. The molecular weight excluding hydrogens is 234 g/mol. The lowest BCUT2D eigenvalue weighted by atomic mass is 9.99. The van der Waals surface area contributed by atoms with Crippen molar-refractivity contribution in [2.24, 2.45) is 0 Å². The maximum Gasteiger partial charge on any atom is 0.244 e. The number of hydrogen-bond donors (Lipinski definition) is 2. The van der Waals surface area contributed by atoms with E-state index in [1.54, 1.807) is 19.1 Å². The Hall–Kier alpha value is -1.39. The molecule has 1 amide bonds. The van der Waals surface area contributed by atoms with E-state index in [9.17, 15) is 9.90 Å². The first-order valence-corrected chi connectivity index (χ1v) is 6.33. The number of amides is 1. The van der Waals surface area contributed by atoms with Crippen molar-refractivity contribution in [3.63, 3.8) is 0 Å². The Morgan fingerprint density at radius 2 is 2.35 bits per heavy atom. The van der Waals surface area contributed by atoms with Crippen LogP contribution >= 0.6 is 11.3 Å². The summed E-state index contributed by atoms with van der Waals surface area (Å²) in [6, 6.07) is 1.85. The van der Waals surface area contributed by atoms with Crippen LogP contribution in [0.2, 0.25) is 0 Å². The first-order valence-electron chi connectivity index (χ1n) is 5.38. The highest BCUT2D eigenvalue weighted by Gasteiger charge is 2.23. The van der Waals surface area contributed by atoms with E-state index in [1.807, 2.05) is 29.8 Å². The molecule has 4 heteroatoms. The van der Waals surface area contributed by atoms with Gasteiger partial charge in [-0.05, 0) is 36.2 Å². The average Bonchev–Trinajstić information content (AvgIpc) is 2.81. The molecule has 1 rings (SSSR count). The van der Waals surface area contributed by atoms with Gasteiger partial charge in [0, 0.05) is 6.08 Å². The summed E-state index contributed by atoms with van der Waals surface area (Å²) < 4.78 is 0. The first-order chi connectivity index (χ1) is 8.06. The summed E-state index contributed by atoms with van der Waals surface area (Å²) in [4.78, 5) is 11.4. The van der Waals surface area contributed by atoms with E-state index in [0.29, 0.717) is 0 Å². The van der Waals surface area contributed by atoms with E-state index in [-0.39, 0.29) is 12.5 Å². The molecule has 1 aromatic rings. The molecule has 0 bridgehead atoms. The van der Waals surface area contributed by atoms with Crippen LogP contribution in [0.25, 0.3) is 0 Å². The van der Waals surface area contributed by atoms with Crippen LogP contribution in [-0.4, -0.2) is 17.6 Å². The highest BCUT2D eigenvalue weighted by atomic mass is 32.1. The molecule has 0 spiro atoms. The minimum atomic E-state index is -1.02. The van der Waals surface area contributed by atoms with E-state index in [2.05, 4.69) is 5.32 Å². The van der Waals surface area contributed by atoms with E-state index in [0.717, 1.165) is 5.56 Å². The molecule has 2 N–H and O–H groups in total. The zero-order valence-corrected chi connectivity index (χ0v) is 10.8. The van der Waals surface area contributed by atoms with Crippen molar-refractivity contribution in [3.05, 3.63) is 46.7 Å². The fourth-order valence-electron chi connectivity index (χ4n) is 1.25. The molecule has 1 heterocycles. The van der Waals surface area contributed by atoms with Crippen molar-refractivity contribution >= 4 is 17.2 Å². The van der Waals surface area contributed by atoms with Gasteiger partial charge in [0.05, 0.1) is 6.54 Å². The highest BCUT2D eigenvalue weighted by Crippen LogP contribution is 2.21. The van der Waals surface area contributed by atoms with Crippen LogP contribution < -0.4 is 5.32 Å². The minimum absolute atomic E-state index is 0.197. The Morgan fingerprint density at radius 3 is 2.94 bits per heavy atom. The summed E-state index contributed by atoms with van der Waals surface area (Å²) >= 11 is 1.52. The maximum absolute atomic E-state index is 11.4. The van der Waals surface area contributed by atoms with E-state index >= 15 is 0 Å². The Balaban J connectivity index is 2.48. The summed E-state index contributed by atoms with van der Waals surface area (Å²) in [5.41, 5.74) is -0.204. The zero-order valence-electron chi connectivity index (χ0n) is 10.0. The van der Waals surface area contributed by atoms with Gasteiger partial charge in [-0.1, -0.05) is 18.2 Å². The summed E-state index contributed by atoms with van der Waals surface area (Å²) in [7, 11) is 0. The van der Waals surface area contributed by atoms with Crippen LogP contribution in [0.1, 0.15) is 19.4 Å². The fourth-order valence-corrected chi connectivity index (χ4v) is 2.03. The number of aliphatic hydroxyl groups is 1. The second kappa shape index (κ2) is 6.37. The molecule has 0 aliphatic heterocycles. The molecule has 3 nitrogen and oxygen atoms in total. The largest absolute Gasteiger partial charge is 0.384 e. The molecule has 0 fully saturated rings. The van der Waals surface area contributed by atoms with E-state index in [1.165, 1.54) is 17.4 Å². The first kappa shape index (κ1) is 13.7. The average molecular weight is 251 g/mol. The molecule has 0 aliphatic carbocycles. The molecule has 0 aliphatic rings. The number of rotatable bonds is 5. The smallest absolute Gasteiger partial charge is 0.244 e. The third-order valence-electron chi connectivity index (χ3n) is 2.30. The van der Waals surface area contributed by atoms with Crippen LogP contribution in [0.3, 0.4) is 0 Å². The van der Waals surface area contributed by atoms with Crippen molar-refractivity contribution in [3.8, 4) is 0 Å². The van der Waals surface area contributed by atoms with Crippen molar-refractivity contribution in [2.75, 3.05) is 6.54 Å². The lowest BCUT2D eigenvalue weighted by molar-refractivity contribution is -0.117. The lowest BCUT2D eigenvalue weighted by Crippen LogP contribution is -2.37. The molecule has 92 valence electrons. The van der Waals surface area contributed by atoms with Crippen LogP contribution in [0.4, 0.5) is 0 Å². The molecule has 17 heavy (non-hydrogen) atoms. The molecule has 0 saturated heterocycles. The van der Waals surface area contributed by atoms with E-state index < -0.39 is 5.60 Å². The van der Waals surface area contributed by atoms with Crippen molar-refractivity contribution in [2.45, 2.75) is 19.4 Å². The summed E-state index contributed by atoms with van der Waals surface area (Å²) in [6.07, 6.45) is 6.71. The number of allylic oxidation sites excluding steroid dienone is 3. The van der Waals surface area contributed by atoms with Crippen LogP contribution in [0, 0.1) is 0 Å². The van der Waals surface area contributed by atoms with Crippen molar-refractivity contribution in [1.82, 2.24) is 5.32 Å². The number of carbonyl (C=O) groups is 1. The van der Waals surface area contributed by atoms with Crippen LogP contribution in [0.5, 0.6) is 0 Å². The molecule has 1 aromatic heterocycles. The maximum atomic E-state index is 11.4. The quantitative estimate of drug-likeness (QED) is 0.622. The predicted octanol–water partition coefficient (Wildman–Crippen LogP) is 2.20. The van der Waals surface area contributed by atoms with Crippen molar-refractivity contribution in [1.29, 1.82) is 0 Å². The van der Waals surface area contributed by atoms with Crippen molar-refractivity contribution < 1.29 is 9.90 Å². The third-order valence-corrected chi connectivity index (χ3v) is 2.98. The zero-order chi connectivity index (χ0) is 12.7. The van der Waals surface area contributed by atoms with E-state index in [4.69, 9.17) is 0 Å². The summed E-state index contributed by atoms with van der Waals surface area (Å²) in [5.74, 6) is -0.210. The second-order valence-corrected chi connectivity index (χ2v) is 4.67. The summed E-state index contributed by atoms with van der Waals surface area (Å²) in [6.45, 7) is 3.76. The SMILES string of the molecule is CC=CC=CC(=O)NCC(C)(O)c1ccsc1. The fraction of sp³-hybridized carbons (Fsp3) is 0.308. The molecule has 0 saturated carbocycles. The third kappa shape index (κ3) is 4.54. The van der Waals surface area contributed by atoms with Gasteiger partial charge in [-0.2, -0.15) is 11.3 Å². The van der Waals surface area contributed by atoms with Gasteiger partial charge >= 0.3 is 0 Å². The minimum Gasteiger partial charge on any atom is -0.384 e. The number of nitrogens with one attached hydrogen (secondary N) is 1. The predicted molar refractivity (Wildman–Crippen MR) is 70.9 cm³/mol. The Kier molecular flexibility index (Phi) is 5.12. The molecule has 1 unspecified atom stereocenters. The Labute approximate surface area is 105 Å². The molecular formula is C13H17NO2S. The monoisotopic (exact) mass is 251 g/mol. The molecule has 0 aromatic carbocycles. The standard InChI is InChI=1S/C13H17NO2S/c1-3-4-5-6-12(15)14-10-13(2,16)11-7-8-17-9-11/h3-9,16H,10H2,1-2H3,(H,14,15). The van der Waals surface area contributed by atoms with Gasteiger partial charge in [-0.3, -0.25) is 4.79 Å². The highest BCUT2D eigenvalue weighted by molar-refractivity contribution is 7.08. The van der Waals surface area contributed by atoms with Crippen LogP contribution in [-0.2, 0) is 10.4 Å². The van der Waals surface area contributed by atoms with Crippen LogP contribution in [0.15, 0.2) is 41.1 Å². The number of hydrogen-bond acceptors (Lipinski definition) is 3. The van der Waals surface area contributed by atoms with Gasteiger partial charge in [0.1, 0.15) is 5.60 Å². The second-order valence-electron chi connectivity index (χ2n) is 3.89. The van der Waals surface area contributed by atoms with Gasteiger partial charge in [-0.25, -0.2) is 0 Å². The number of thiophene rings is 1. The molecule has 1 atom stereocenters. The van der Waals surface area contributed by atoms with Gasteiger partial charge < -0.3 is 10.4 Å². The molecule has 0 radical (unpaired) electrons. The lowest BCUT2D eigenvalue weighted by Gasteiger charge is -2.22. The van der Waals surface area contributed by atoms with Gasteiger partial charge in [0.25, 0.3) is 0 Å².